The highest BCUT2D eigenvalue weighted by atomic mass is 16.8. The average Bonchev–Trinajstić information content (AvgIpc) is 3.88. The molecule has 10 N–H and O–H groups in total. The standard InChI is InChI=1S/C17H24O4.C14H20O4.C10H18O4.C7H14O4.C6H12O5/c1-11-14(18-10-13-8-6-5-7-9-13)16-15(12(2)19-11)20-17(3,4)21-16;1-9-12(15)13(16)14(10(2)18-9)17-8-11-6-4-3-5-7-11;1-5-7(11)9-8(6(2)12-5)13-10(3,4)14-9;1-3-5(8)7(10)6(9)4(2)11-3;1-2-3(7)4(8)5(9)6(10)11-2/h5-9,11-12,14-16H,10H2,1-4H3;3-7,9-10,12-16H,8H2,1-2H3;5-9,11H,1-4H3;3-10H,1-2H3;2-10H,1H3/t11?,12-,14-,15?,16-;9-,10?,12?,13+,14-;5?,6-,7-,8?,9-;3-,4?,5?,6-,7?;2?,3-,4-,5?,6?/m00000/s1. The van der Waals surface area contributed by atoms with Crippen molar-refractivity contribution < 1.29 is 103 Å². The molecule has 0 radical (unpaired) electrons. The van der Waals surface area contributed by atoms with Gasteiger partial charge in [-0.3, -0.25) is 0 Å². The van der Waals surface area contributed by atoms with Gasteiger partial charge in [0.15, 0.2) is 17.9 Å². The summed E-state index contributed by atoms with van der Waals surface area (Å²) in [6.45, 7) is 24.9. The lowest BCUT2D eigenvalue weighted by Crippen LogP contribution is -2.56. The number of ether oxygens (including phenoxy) is 11. The van der Waals surface area contributed by atoms with Crippen LogP contribution in [0.3, 0.4) is 0 Å². The Morgan fingerprint density at radius 3 is 1.13 bits per heavy atom. The lowest BCUT2D eigenvalue weighted by atomic mass is 9.96. The molecule has 0 bridgehead atoms. The molecule has 7 aliphatic heterocycles. The van der Waals surface area contributed by atoms with E-state index in [4.69, 9.17) is 67.8 Å². The fraction of sp³-hybridized carbons (Fsp3) is 0.778. The molecule has 7 saturated heterocycles. The SMILES string of the molecule is CC1OC(O)C(O)[C@@H](O)[C@H]1O.CC1O[C@@H](C)C(O)C(O)[C@H]1O.CC1O[C@@H](C)C(O)[C@@H](O)[C@H]1OCc1ccccc1.CC1O[C@@H](C)C2OC(C)(C)O[C@H]2[C@H]1O.CC1O[C@@H](C)C2OC(C)(C)O[C@H]2[C@H]1OCc1ccccc1. The number of benzene rings is 2. The molecule has 9 rings (SSSR count). The maximum atomic E-state index is 10.0. The second-order valence-electron chi connectivity index (χ2n) is 21.5. The Labute approximate surface area is 441 Å². The Hall–Kier alpha value is -2.40. The summed E-state index contributed by atoms with van der Waals surface area (Å²) in [6.07, 6.45) is -14.3. The zero-order valence-electron chi connectivity index (χ0n) is 45.6. The van der Waals surface area contributed by atoms with Crippen molar-refractivity contribution in [2.75, 3.05) is 0 Å². The molecule has 21 nitrogen and oxygen atoms in total. The third-order valence-corrected chi connectivity index (χ3v) is 14.3. The van der Waals surface area contributed by atoms with E-state index in [1.807, 2.05) is 111 Å². The quantitative estimate of drug-likeness (QED) is 0.195. The molecule has 7 fully saturated rings. The maximum absolute atomic E-state index is 10.0. The van der Waals surface area contributed by atoms with Crippen LogP contribution < -0.4 is 0 Å². The Morgan fingerprint density at radius 2 is 0.653 bits per heavy atom. The minimum absolute atomic E-state index is 0.0116. The third-order valence-electron chi connectivity index (χ3n) is 14.3. The van der Waals surface area contributed by atoms with E-state index in [1.54, 1.807) is 20.8 Å². The highest BCUT2D eigenvalue weighted by Gasteiger charge is 2.54. The lowest BCUT2D eigenvalue weighted by Gasteiger charge is -2.40. The van der Waals surface area contributed by atoms with Crippen LogP contribution in [0.5, 0.6) is 0 Å². The van der Waals surface area contributed by atoms with E-state index in [0.29, 0.717) is 13.2 Å². The molecule has 0 aliphatic carbocycles. The summed E-state index contributed by atoms with van der Waals surface area (Å²) in [7, 11) is 0. The predicted molar refractivity (Wildman–Crippen MR) is 268 cm³/mol. The van der Waals surface area contributed by atoms with Crippen molar-refractivity contribution in [1.29, 1.82) is 0 Å². The van der Waals surface area contributed by atoms with Crippen LogP contribution in [-0.4, -0.2) is 215 Å². The van der Waals surface area contributed by atoms with Gasteiger partial charge in [0.05, 0.1) is 68.1 Å². The molecule has 430 valence electrons. The van der Waals surface area contributed by atoms with Gasteiger partial charge in [0.2, 0.25) is 0 Å². The summed E-state index contributed by atoms with van der Waals surface area (Å²) in [5.41, 5.74) is 2.18. The van der Waals surface area contributed by atoms with Crippen molar-refractivity contribution in [3.05, 3.63) is 71.8 Å². The van der Waals surface area contributed by atoms with Crippen LogP contribution in [0.2, 0.25) is 0 Å². The average molecular weight is 1070 g/mol. The molecule has 0 spiro atoms. The highest BCUT2D eigenvalue weighted by molar-refractivity contribution is 5.14. The summed E-state index contributed by atoms with van der Waals surface area (Å²) in [5, 5.41) is 93.2. The van der Waals surface area contributed by atoms with Crippen LogP contribution in [0.25, 0.3) is 0 Å². The summed E-state index contributed by atoms with van der Waals surface area (Å²) < 4.78 is 62.0. The van der Waals surface area contributed by atoms with Gasteiger partial charge in [0.25, 0.3) is 0 Å². The van der Waals surface area contributed by atoms with Gasteiger partial charge in [0.1, 0.15) is 91.6 Å². The highest BCUT2D eigenvalue weighted by Crippen LogP contribution is 2.39. The van der Waals surface area contributed by atoms with E-state index in [1.165, 1.54) is 6.92 Å². The van der Waals surface area contributed by atoms with Gasteiger partial charge in [-0.25, -0.2) is 0 Å². The second kappa shape index (κ2) is 27.7. The van der Waals surface area contributed by atoms with Gasteiger partial charge in [-0.2, -0.15) is 0 Å². The van der Waals surface area contributed by atoms with E-state index in [-0.39, 0.29) is 67.1 Å². The van der Waals surface area contributed by atoms with Gasteiger partial charge in [-0.15, -0.1) is 0 Å². The Morgan fingerprint density at radius 1 is 0.333 bits per heavy atom. The van der Waals surface area contributed by atoms with Crippen molar-refractivity contribution >= 4 is 0 Å². The molecule has 0 aromatic heterocycles. The van der Waals surface area contributed by atoms with Crippen LogP contribution in [-0.2, 0) is 65.3 Å². The summed E-state index contributed by atoms with van der Waals surface area (Å²) in [4.78, 5) is 0. The molecule has 21 heteroatoms. The van der Waals surface area contributed by atoms with Crippen molar-refractivity contribution in [3.63, 3.8) is 0 Å². The minimum Gasteiger partial charge on any atom is -0.388 e. The summed E-state index contributed by atoms with van der Waals surface area (Å²) >= 11 is 0. The van der Waals surface area contributed by atoms with E-state index >= 15 is 0 Å². The maximum Gasteiger partial charge on any atom is 0.183 e. The fourth-order valence-corrected chi connectivity index (χ4v) is 9.93. The van der Waals surface area contributed by atoms with E-state index < -0.39 is 97.2 Å². The monoisotopic (exact) mass is 1070 g/mol. The van der Waals surface area contributed by atoms with Crippen LogP contribution in [0, 0.1) is 0 Å². The first-order valence-electron chi connectivity index (χ1n) is 26.1. The molecule has 12 unspecified atom stereocenters. The molecule has 7 heterocycles. The van der Waals surface area contributed by atoms with Gasteiger partial charge < -0.3 is 103 Å². The molecule has 2 aromatic carbocycles. The summed E-state index contributed by atoms with van der Waals surface area (Å²) in [5.74, 6) is -1.19. The minimum atomic E-state index is -1.43. The number of fused-ring (bicyclic) bond motifs is 2. The third kappa shape index (κ3) is 16.8. The van der Waals surface area contributed by atoms with Crippen molar-refractivity contribution in [1.82, 2.24) is 0 Å². The molecule has 25 atom stereocenters. The number of aliphatic hydroxyl groups is 10. The fourth-order valence-electron chi connectivity index (χ4n) is 9.93. The summed E-state index contributed by atoms with van der Waals surface area (Å²) in [6, 6.07) is 19.9. The normalized spacial score (nSPS) is 44.5. The molecule has 75 heavy (non-hydrogen) atoms. The second-order valence-corrected chi connectivity index (χ2v) is 21.5. The molecule has 0 amide bonds. The van der Waals surface area contributed by atoms with E-state index in [0.717, 1.165) is 11.1 Å². The first-order chi connectivity index (χ1) is 35.0. The van der Waals surface area contributed by atoms with Crippen LogP contribution in [0.4, 0.5) is 0 Å². The Balaban J connectivity index is 0.000000178. The molecule has 7 aliphatic rings. The van der Waals surface area contributed by atoms with Crippen LogP contribution in [0.1, 0.15) is 101 Å². The zero-order valence-corrected chi connectivity index (χ0v) is 45.6. The zero-order chi connectivity index (χ0) is 55.9. The lowest BCUT2D eigenvalue weighted by molar-refractivity contribution is -0.277. The van der Waals surface area contributed by atoms with E-state index in [9.17, 15) is 30.6 Å². The first-order valence-corrected chi connectivity index (χ1v) is 26.1. The van der Waals surface area contributed by atoms with Gasteiger partial charge in [0, 0.05) is 0 Å². The predicted octanol–water partition coefficient (Wildman–Crippen LogP) is 1.36. The van der Waals surface area contributed by atoms with Crippen LogP contribution >= 0.6 is 0 Å². The molecule has 2 aromatic rings. The van der Waals surface area contributed by atoms with Crippen molar-refractivity contribution in [2.24, 2.45) is 0 Å². The molecular weight excluding hydrogens is 985 g/mol. The topological polar surface area (TPSA) is 304 Å². The van der Waals surface area contributed by atoms with Gasteiger partial charge in [-0.1, -0.05) is 60.7 Å². The van der Waals surface area contributed by atoms with Gasteiger partial charge >= 0.3 is 0 Å². The molecular formula is C54H88O21. The van der Waals surface area contributed by atoms with E-state index in [2.05, 4.69) is 16.9 Å². The number of hydrogen-bond acceptors (Lipinski definition) is 21. The Bertz CT molecular complexity index is 1890. The smallest absolute Gasteiger partial charge is 0.183 e. The largest absolute Gasteiger partial charge is 0.388 e. The van der Waals surface area contributed by atoms with Gasteiger partial charge in [-0.05, 0) is 101 Å². The van der Waals surface area contributed by atoms with Crippen molar-refractivity contribution in [3.8, 4) is 0 Å². The number of aliphatic hydroxyl groups excluding tert-OH is 10. The number of rotatable bonds is 6. The van der Waals surface area contributed by atoms with Crippen LogP contribution in [0.15, 0.2) is 60.7 Å². The first kappa shape index (κ1) is 63.4. The van der Waals surface area contributed by atoms with Crippen molar-refractivity contribution in [2.45, 2.75) is 268 Å². The number of hydrogen-bond donors (Lipinski definition) is 10. The molecule has 0 saturated carbocycles. The Kier molecular flexibility index (Phi) is 23.4.